The summed E-state index contributed by atoms with van der Waals surface area (Å²) < 4.78 is 0. The molecule has 0 saturated heterocycles. The molecule has 2 nitrogen and oxygen atoms in total. The van der Waals surface area contributed by atoms with Crippen LogP contribution in [0, 0.1) is 0 Å². The van der Waals surface area contributed by atoms with Crippen LogP contribution in [-0.4, -0.2) is 5.11 Å². The van der Waals surface area contributed by atoms with Crippen LogP contribution < -0.4 is 5.32 Å². The van der Waals surface area contributed by atoms with Gasteiger partial charge in [-0.25, -0.2) is 0 Å². The topological polar surface area (TPSA) is 32.3 Å². The van der Waals surface area contributed by atoms with E-state index in [0.29, 0.717) is 0 Å². The quantitative estimate of drug-likeness (QED) is 0.774. The molecule has 0 aliphatic rings. The van der Waals surface area contributed by atoms with Gasteiger partial charge in [0, 0.05) is 17.4 Å². The highest BCUT2D eigenvalue weighted by atomic mass is 16.3. The Kier molecular flexibility index (Phi) is 3.46. The second kappa shape index (κ2) is 5.21. The smallest absolute Gasteiger partial charge is 0.117 e. The summed E-state index contributed by atoms with van der Waals surface area (Å²) in [5, 5.41) is 12.6. The summed E-state index contributed by atoms with van der Waals surface area (Å²) in [6.07, 6.45) is 2.77. The van der Waals surface area contributed by atoms with Gasteiger partial charge in [0.15, 0.2) is 0 Å². The maximum absolute atomic E-state index is 9.35. The molecule has 0 spiro atoms. The number of benzene rings is 2. The number of allylic oxidation sites excluding steroid dienone is 1. The number of anilines is 2. The Morgan fingerprint density at radius 3 is 2.47 bits per heavy atom. The summed E-state index contributed by atoms with van der Waals surface area (Å²) in [6.45, 7) is 3.71. The predicted molar refractivity (Wildman–Crippen MR) is 71.7 cm³/mol. The van der Waals surface area contributed by atoms with Gasteiger partial charge in [0.25, 0.3) is 0 Å². The molecule has 0 aromatic heterocycles. The highest BCUT2D eigenvalue weighted by Crippen LogP contribution is 2.20. The molecule has 0 bridgehead atoms. The Morgan fingerprint density at radius 2 is 1.82 bits per heavy atom. The molecule has 86 valence electrons. The average molecular weight is 225 g/mol. The van der Waals surface area contributed by atoms with E-state index in [1.165, 1.54) is 5.56 Å². The van der Waals surface area contributed by atoms with E-state index in [4.69, 9.17) is 0 Å². The maximum Gasteiger partial charge on any atom is 0.117 e. The van der Waals surface area contributed by atoms with Crippen LogP contribution in [0.1, 0.15) is 5.56 Å². The minimum absolute atomic E-state index is 0.262. The first-order valence-corrected chi connectivity index (χ1v) is 5.54. The fourth-order valence-corrected chi connectivity index (χ4v) is 1.64. The van der Waals surface area contributed by atoms with E-state index in [9.17, 15) is 5.11 Å². The molecule has 2 aromatic carbocycles. The average Bonchev–Trinajstić information content (AvgIpc) is 2.32. The van der Waals surface area contributed by atoms with Crippen molar-refractivity contribution in [2.45, 2.75) is 6.42 Å². The van der Waals surface area contributed by atoms with Crippen LogP contribution in [0.2, 0.25) is 0 Å². The number of nitrogens with one attached hydrogen (secondary N) is 1. The zero-order valence-corrected chi connectivity index (χ0v) is 9.56. The van der Waals surface area contributed by atoms with Crippen LogP contribution in [0.3, 0.4) is 0 Å². The standard InChI is InChI=1S/C15H15NO/c1-2-4-12-7-9-13(10-8-12)16-14-5-3-6-15(17)11-14/h2-3,5-11,16-17H,1,4H2. The summed E-state index contributed by atoms with van der Waals surface area (Å²) in [5.41, 5.74) is 3.12. The Bertz CT molecular complexity index is 503. The van der Waals surface area contributed by atoms with Crippen molar-refractivity contribution in [3.63, 3.8) is 0 Å². The van der Waals surface area contributed by atoms with Crippen LogP contribution in [0.15, 0.2) is 61.2 Å². The third-order valence-electron chi connectivity index (χ3n) is 2.47. The fourth-order valence-electron chi connectivity index (χ4n) is 1.64. The number of phenolic OH excluding ortho intramolecular Hbond substituents is 1. The van der Waals surface area contributed by atoms with E-state index in [1.54, 1.807) is 12.1 Å². The minimum atomic E-state index is 0.262. The third-order valence-corrected chi connectivity index (χ3v) is 2.47. The monoisotopic (exact) mass is 225 g/mol. The van der Waals surface area contributed by atoms with Crippen molar-refractivity contribution < 1.29 is 5.11 Å². The van der Waals surface area contributed by atoms with Gasteiger partial charge in [-0.1, -0.05) is 24.3 Å². The lowest BCUT2D eigenvalue weighted by atomic mass is 10.1. The fraction of sp³-hybridized carbons (Fsp3) is 0.0667. The number of rotatable bonds is 4. The van der Waals surface area contributed by atoms with Gasteiger partial charge in [0.05, 0.1) is 0 Å². The van der Waals surface area contributed by atoms with Gasteiger partial charge in [0.2, 0.25) is 0 Å². The normalized spacial score (nSPS) is 9.88. The van der Waals surface area contributed by atoms with Crippen LogP contribution in [0.4, 0.5) is 11.4 Å². The molecule has 2 aromatic rings. The van der Waals surface area contributed by atoms with Crippen molar-refractivity contribution in [3.8, 4) is 5.75 Å². The van der Waals surface area contributed by atoms with Crippen molar-refractivity contribution in [3.05, 3.63) is 66.7 Å². The molecule has 0 radical (unpaired) electrons. The molecular formula is C15H15NO. The molecule has 0 amide bonds. The predicted octanol–water partition coefficient (Wildman–Crippen LogP) is 3.86. The van der Waals surface area contributed by atoms with Crippen molar-refractivity contribution in [1.82, 2.24) is 0 Å². The molecule has 0 saturated carbocycles. The molecule has 2 rings (SSSR count). The Hall–Kier alpha value is -2.22. The summed E-state index contributed by atoms with van der Waals surface area (Å²) >= 11 is 0. The largest absolute Gasteiger partial charge is 0.508 e. The van der Waals surface area contributed by atoms with Crippen LogP contribution in [0.5, 0.6) is 5.75 Å². The molecule has 0 heterocycles. The molecule has 0 fully saturated rings. The Morgan fingerprint density at radius 1 is 1.06 bits per heavy atom. The van der Waals surface area contributed by atoms with E-state index >= 15 is 0 Å². The second-order valence-electron chi connectivity index (χ2n) is 3.87. The van der Waals surface area contributed by atoms with E-state index in [1.807, 2.05) is 30.3 Å². The number of hydrogen-bond acceptors (Lipinski definition) is 2. The lowest BCUT2D eigenvalue weighted by Gasteiger charge is -2.07. The molecule has 0 unspecified atom stereocenters. The first-order chi connectivity index (χ1) is 8.28. The lowest BCUT2D eigenvalue weighted by Crippen LogP contribution is -1.90. The van der Waals surface area contributed by atoms with Gasteiger partial charge >= 0.3 is 0 Å². The first-order valence-electron chi connectivity index (χ1n) is 5.54. The molecule has 17 heavy (non-hydrogen) atoms. The SMILES string of the molecule is C=CCc1ccc(Nc2cccc(O)c2)cc1. The van der Waals surface area contributed by atoms with Gasteiger partial charge in [-0.2, -0.15) is 0 Å². The van der Waals surface area contributed by atoms with Gasteiger partial charge in [0.1, 0.15) is 5.75 Å². The van der Waals surface area contributed by atoms with E-state index in [-0.39, 0.29) is 5.75 Å². The Labute approximate surface area is 101 Å². The molecule has 0 aliphatic heterocycles. The molecule has 0 aliphatic carbocycles. The number of phenols is 1. The Balaban J connectivity index is 2.11. The molecule has 2 N–H and O–H groups in total. The molecular weight excluding hydrogens is 210 g/mol. The van der Waals surface area contributed by atoms with Crippen LogP contribution in [-0.2, 0) is 6.42 Å². The van der Waals surface area contributed by atoms with Crippen molar-refractivity contribution in [2.75, 3.05) is 5.32 Å². The van der Waals surface area contributed by atoms with Crippen molar-refractivity contribution in [2.24, 2.45) is 0 Å². The van der Waals surface area contributed by atoms with Crippen LogP contribution in [0.25, 0.3) is 0 Å². The third kappa shape index (κ3) is 3.11. The van der Waals surface area contributed by atoms with Gasteiger partial charge in [-0.3, -0.25) is 0 Å². The summed E-state index contributed by atoms with van der Waals surface area (Å²) in [4.78, 5) is 0. The van der Waals surface area contributed by atoms with Gasteiger partial charge in [-0.05, 0) is 36.2 Å². The van der Waals surface area contributed by atoms with Gasteiger partial charge < -0.3 is 10.4 Å². The lowest BCUT2D eigenvalue weighted by molar-refractivity contribution is 0.475. The summed E-state index contributed by atoms with van der Waals surface area (Å²) in [6, 6.07) is 15.2. The molecule has 0 atom stereocenters. The maximum atomic E-state index is 9.35. The van der Waals surface area contributed by atoms with E-state index in [2.05, 4.69) is 24.0 Å². The minimum Gasteiger partial charge on any atom is -0.508 e. The van der Waals surface area contributed by atoms with Crippen molar-refractivity contribution in [1.29, 1.82) is 0 Å². The highest BCUT2D eigenvalue weighted by Gasteiger charge is 1.96. The highest BCUT2D eigenvalue weighted by molar-refractivity contribution is 5.61. The number of aromatic hydroxyl groups is 1. The first kappa shape index (κ1) is 11.3. The van der Waals surface area contributed by atoms with E-state index in [0.717, 1.165) is 17.8 Å². The summed E-state index contributed by atoms with van der Waals surface area (Å²) in [7, 11) is 0. The van der Waals surface area contributed by atoms with Crippen LogP contribution >= 0.6 is 0 Å². The van der Waals surface area contributed by atoms with Gasteiger partial charge in [-0.15, -0.1) is 6.58 Å². The number of hydrogen-bond donors (Lipinski definition) is 2. The zero-order chi connectivity index (χ0) is 12.1. The zero-order valence-electron chi connectivity index (χ0n) is 9.56. The summed E-state index contributed by atoms with van der Waals surface area (Å²) in [5.74, 6) is 0.262. The van der Waals surface area contributed by atoms with E-state index < -0.39 is 0 Å². The second-order valence-corrected chi connectivity index (χ2v) is 3.87. The molecule has 2 heteroatoms. The van der Waals surface area contributed by atoms with Crippen molar-refractivity contribution >= 4 is 11.4 Å².